The topological polar surface area (TPSA) is 93.0 Å². The fraction of sp³-hybridized carbons (Fsp3) is 0. The Labute approximate surface area is 118 Å². The fourth-order valence-corrected chi connectivity index (χ4v) is 2.04. The van der Waals surface area contributed by atoms with Gasteiger partial charge < -0.3 is 0 Å². The average molecular weight is 284 g/mol. The number of rotatable bonds is 3. The van der Waals surface area contributed by atoms with Crippen LogP contribution >= 0.6 is 0 Å². The minimum Gasteiger partial charge on any atom is -0.282 e. The zero-order valence-electron chi connectivity index (χ0n) is 10.7. The number of hydrogen-bond donors (Lipinski definition) is 1. The van der Waals surface area contributed by atoms with Crippen molar-refractivity contribution in [2.24, 2.45) is 0 Å². The van der Waals surface area contributed by atoms with Gasteiger partial charge in [0.2, 0.25) is 5.69 Å². The van der Waals surface area contributed by atoms with Crippen LogP contribution in [0.1, 0.15) is 0 Å². The van der Waals surface area contributed by atoms with Crippen LogP contribution in [0.5, 0.6) is 0 Å². The molecule has 3 aromatic rings. The summed E-state index contributed by atoms with van der Waals surface area (Å²) in [5.74, 6) is 0. The Bertz CT molecular complexity index is 852. The molecular weight excluding hydrogens is 274 g/mol. The SMILES string of the molecule is O=c1o[nH][n+](-c2ccccc2)c1-c1cccc([N+](=O)[O-])c1. The van der Waals surface area contributed by atoms with E-state index in [-0.39, 0.29) is 11.4 Å². The molecule has 0 saturated heterocycles. The Morgan fingerprint density at radius 1 is 1.10 bits per heavy atom. The van der Waals surface area contributed by atoms with Crippen LogP contribution in [-0.4, -0.2) is 10.2 Å². The van der Waals surface area contributed by atoms with Crippen molar-refractivity contribution < 1.29 is 14.1 Å². The lowest BCUT2D eigenvalue weighted by Gasteiger charge is -1.95. The molecule has 0 bridgehead atoms. The molecule has 3 rings (SSSR count). The molecule has 7 heteroatoms. The van der Waals surface area contributed by atoms with Gasteiger partial charge in [0.05, 0.1) is 10.5 Å². The highest BCUT2D eigenvalue weighted by Crippen LogP contribution is 2.19. The summed E-state index contributed by atoms with van der Waals surface area (Å²) >= 11 is 0. The Balaban J connectivity index is 2.20. The molecule has 0 unspecified atom stereocenters. The van der Waals surface area contributed by atoms with Gasteiger partial charge in [-0.25, -0.2) is 4.79 Å². The van der Waals surface area contributed by atoms with Crippen molar-refractivity contribution in [3.63, 3.8) is 0 Å². The molecule has 0 aliphatic heterocycles. The van der Waals surface area contributed by atoms with Crippen LogP contribution in [0.3, 0.4) is 0 Å². The van der Waals surface area contributed by atoms with Gasteiger partial charge in [-0.2, -0.15) is 0 Å². The predicted octanol–water partition coefficient (Wildman–Crippen LogP) is 1.82. The third-order valence-electron chi connectivity index (χ3n) is 2.99. The van der Waals surface area contributed by atoms with Gasteiger partial charge in [-0.15, -0.1) is 0 Å². The molecule has 0 fully saturated rings. The van der Waals surface area contributed by atoms with Crippen LogP contribution in [0.15, 0.2) is 63.9 Å². The monoisotopic (exact) mass is 284 g/mol. The molecule has 0 saturated carbocycles. The van der Waals surface area contributed by atoms with Crippen LogP contribution in [0.2, 0.25) is 0 Å². The summed E-state index contributed by atoms with van der Waals surface area (Å²) in [6.45, 7) is 0. The van der Waals surface area contributed by atoms with E-state index in [0.717, 1.165) is 0 Å². The number of non-ortho nitro benzene ring substituents is 1. The second-order valence-corrected chi connectivity index (χ2v) is 4.31. The summed E-state index contributed by atoms with van der Waals surface area (Å²) in [5, 5.41) is 13.3. The van der Waals surface area contributed by atoms with Crippen molar-refractivity contribution >= 4 is 5.69 Å². The summed E-state index contributed by atoms with van der Waals surface area (Å²) < 4.78 is 6.26. The number of benzene rings is 2. The minimum atomic E-state index is -0.598. The quantitative estimate of drug-likeness (QED) is 0.451. The number of aromatic amines is 1. The molecule has 0 aliphatic rings. The second-order valence-electron chi connectivity index (χ2n) is 4.31. The molecular formula is C14H10N3O4+. The third-order valence-corrected chi connectivity index (χ3v) is 2.99. The number of nitrogens with zero attached hydrogens (tertiary/aromatic N) is 2. The molecule has 0 atom stereocenters. The van der Waals surface area contributed by atoms with Gasteiger partial charge in [0.1, 0.15) is 0 Å². The molecule has 7 nitrogen and oxygen atoms in total. The number of aromatic nitrogens is 2. The standard InChI is InChI=1S/C14H9N3O4/c18-14-13(10-5-4-8-12(9-10)17(19)20)16(15-21-14)11-6-2-1-3-7-11/h1-9H/p+1. The molecule has 1 aromatic heterocycles. The lowest BCUT2D eigenvalue weighted by Crippen LogP contribution is -2.36. The van der Waals surface area contributed by atoms with Gasteiger partial charge in [-0.3, -0.25) is 14.6 Å². The molecule has 0 aliphatic carbocycles. The normalized spacial score (nSPS) is 10.5. The molecule has 1 N–H and O–H groups in total. The smallest absolute Gasteiger partial charge is 0.282 e. The number of H-pyrrole nitrogens is 1. The van der Waals surface area contributed by atoms with E-state index in [1.54, 1.807) is 18.2 Å². The maximum Gasteiger partial charge on any atom is 0.435 e. The van der Waals surface area contributed by atoms with Gasteiger partial charge in [0, 0.05) is 24.3 Å². The lowest BCUT2D eigenvalue weighted by molar-refractivity contribution is -0.660. The number of nitrogens with one attached hydrogen (secondary N) is 1. The van der Waals surface area contributed by atoms with E-state index in [1.165, 1.54) is 22.9 Å². The van der Waals surface area contributed by atoms with E-state index in [0.29, 0.717) is 11.3 Å². The van der Waals surface area contributed by atoms with E-state index in [2.05, 4.69) is 5.27 Å². The summed E-state index contributed by atoms with van der Waals surface area (Å²) in [6, 6.07) is 14.9. The van der Waals surface area contributed by atoms with Crippen molar-refractivity contribution in [1.29, 1.82) is 0 Å². The van der Waals surface area contributed by atoms with Crippen molar-refractivity contribution in [1.82, 2.24) is 5.27 Å². The maximum atomic E-state index is 11.9. The Morgan fingerprint density at radius 2 is 1.86 bits per heavy atom. The molecule has 0 amide bonds. The number of nitro benzene ring substituents is 1. The van der Waals surface area contributed by atoms with Gasteiger partial charge in [-0.1, -0.05) is 24.3 Å². The number of nitro groups is 1. The first-order chi connectivity index (χ1) is 10.2. The summed E-state index contributed by atoms with van der Waals surface area (Å²) in [6.07, 6.45) is 0. The van der Waals surface area contributed by atoms with Crippen LogP contribution in [0, 0.1) is 10.1 Å². The van der Waals surface area contributed by atoms with E-state index in [1.807, 2.05) is 18.2 Å². The average Bonchev–Trinajstić information content (AvgIpc) is 2.90. The molecule has 2 aromatic carbocycles. The Morgan fingerprint density at radius 3 is 2.57 bits per heavy atom. The highest BCUT2D eigenvalue weighted by Gasteiger charge is 2.26. The summed E-state index contributed by atoms with van der Waals surface area (Å²) in [5.41, 5.74) is 0.602. The summed E-state index contributed by atoms with van der Waals surface area (Å²) in [7, 11) is 0. The van der Waals surface area contributed by atoms with Crippen LogP contribution in [0.4, 0.5) is 5.69 Å². The third kappa shape index (κ3) is 2.32. The first-order valence-electron chi connectivity index (χ1n) is 6.10. The van der Waals surface area contributed by atoms with Gasteiger partial charge in [-0.05, 0) is 16.0 Å². The maximum absolute atomic E-state index is 11.9. The van der Waals surface area contributed by atoms with E-state index >= 15 is 0 Å². The van der Waals surface area contributed by atoms with Crippen molar-refractivity contribution in [3.05, 3.63) is 75.1 Å². The molecule has 104 valence electrons. The van der Waals surface area contributed by atoms with Crippen molar-refractivity contribution in [2.75, 3.05) is 0 Å². The van der Waals surface area contributed by atoms with Crippen molar-refractivity contribution in [2.45, 2.75) is 0 Å². The van der Waals surface area contributed by atoms with Crippen LogP contribution < -0.4 is 10.3 Å². The lowest BCUT2D eigenvalue weighted by atomic mass is 10.1. The van der Waals surface area contributed by atoms with Gasteiger partial charge in [0.15, 0.2) is 0 Å². The predicted molar refractivity (Wildman–Crippen MR) is 73.0 cm³/mol. The largest absolute Gasteiger partial charge is 0.435 e. The molecule has 0 spiro atoms. The fourth-order valence-electron chi connectivity index (χ4n) is 2.04. The van der Waals surface area contributed by atoms with Gasteiger partial charge in [0.25, 0.3) is 5.69 Å². The first-order valence-corrected chi connectivity index (χ1v) is 6.10. The zero-order valence-corrected chi connectivity index (χ0v) is 10.7. The molecule has 21 heavy (non-hydrogen) atoms. The molecule has 0 radical (unpaired) electrons. The molecule has 1 heterocycles. The van der Waals surface area contributed by atoms with E-state index < -0.39 is 10.5 Å². The van der Waals surface area contributed by atoms with Crippen molar-refractivity contribution in [3.8, 4) is 16.9 Å². The second kappa shape index (κ2) is 5.04. The van der Waals surface area contributed by atoms with E-state index in [4.69, 9.17) is 4.52 Å². The number of para-hydroxylation sites is 1. The highest BCUT2D eigenvalue weighted by atomic mass is 16.6. The van der Waals surface area contributed by atoms with Crippen LogP contribution in [0.25, 0.3) is 16.9 Å². The van der Waals surface area contributed by atoms with Crippen LogP contribution in [-0.2, 0) is 0 Å². The van der Waals surface area contributed by atoms with E-state index in [9.17, 15) is 14.9 Å². The van der Waals surface area contributed by atoms with Gasteiger partial charge >= 0.3 is 11.3 Å². The Kier molecular flexibility index (Phi) is 3.07. The summed E-state index contributed by atoms with van der Waals surface area (Å²) in [4.78, 5) is 22.2. The number of hydrogen-bond acceptors (Lipinski definition) is 4. The highest BCUT2D eigenvalue weighted by molar-refractivity contribution is 5.59. The Hall–Kier alpha value is -3.22. The first kappa shape index (κ1) is 12.8. The minimum absolute atomic E-state index is 0.0901. The zero-order chi connectivity index (χ0) is 14.8.